The van der Waals surface area contributed by atoms with Gasteiger partial charge in [0, 0.05) is 13.1 Å². The second-order valence-electron chi connectivity index (χ2n) is 4.95. The van der Waals surface area contributed by atoms with Crippen LogP contribution in [0, 0.1) is 5.82 Å². The van der Waals surface area contributed by atoms with Gasteiger partial charge in [-0.15, -0.1) is 0 Å². The van der Waals surface area contributed by atoms with E-state index in [1.807, 2.05) is 0 Å². The molecule has 21 heavy (non-hydrogen) atoms. The smallest absolute Gasteiger partial charge is 0.264 e. The quantitative estimate of drug-likeness (QED) is 0.944. The Morgan fingerprint density at radius 3 is 2.76 bits per heavy atom. The molecule has 110 valence electrons. The van der Waals surface area contributed by atoms with Crippen molar-refractivity contribution >= 4 is 15.7 Å². The molecule has 0 aromatic heterocycles. The molecule has 0 radical (unpaired) electrons. The molecule has 0 spiro atoms. The molecule has 3 rings (SSSR count). The topological polar surface area (TPSA) is 63.4 Å². The summed E-state index contributed by atoms with van der Waals surface area (Å²) in [6.45, 7) is 0.600. The van der Waals surface area contributed by atoms with E-state index in [0.29, 0.717) is 18.7 Å². The summed E-state index contributed by atoms with van der Waals surface area (Å²) in [5.74, 6) is -0.438. The molecule has 4 nitrogen and oxygen atoms in total. The van der Waals surface area contributed by atoms with Crippen molar-refractivity contribution in [3.05, 3.63) is 59.4 Å². The standard InChI is InChI=1S/C15H15FN2O2S/c16-13-5-4-12-6-7-18(15(12)9-13)21(19,20)14-3-1-2-11(8-14)10-17/h1-5,8-9H,6-7,10,17H2. The molecule has 1 heterocycles. The summed E-state index contributed by atoms with van der Waals surface area (Å²) in [4.78, 5) is 0.183. The summed E-state index contributed by atoms with van der Waals surface area (Å²) in [5, 5.41) is 0. The van der Waals surface area contributed by atoms with Gasteiger partial charge in [-0.25, -0.2) is 12.8 Å². The number of hydrogen-bond donors (Lipinski definition) is 1. The van der Waals surface area contributed by atoms with Crippen molar-refractivity contribution in [3.63, 3.8) is 0 Å². The lowest BCUT2D eigenvalue weighted by atomic mass is 10.2. The molecule has 0 fully saturated rings. The van der Waals surface area contributed by atoms with Crippen LogP contribution in [0.25, 0.3) is 0 Å². The highest BCUT2D eigenvalue weighted by Crippen LogP contribution is 2.33. The number of nitrogens with two attached hydrogens (primary N) is 1. The molecule has 0 amide bonds. The molecule has 0 saturated carbocycles. The van der Waals surface area contributed by atoms with E-state index < -0.39 is 15.8 Å². The lowest BCUT2D eigenvalue weighted by Crippen LogP contribution is -2.29. The van der Waals surface area contributed by atoms with Gasteiger partial charge < -0.3 is 5.73 Å². The zero-order valence-electron chi connectivity index (χ0n) is 11.3. The lowest BCUT2D eigenvalue weighted by Gasteiger charge is -2.20. The van der Waals surface area contributed by atoms with Gasteiger partial charge in [0.25, 0.3) is 10.0 Å². The van der Waals surface area contributed by atoms with Crippen molar-refractivity contribution < 1.29 is 12.8 Å². The second kappa shape index (κ2) is 5.13. The number of sulfonamides is 1. The average Bonchev–Trinajstić information content (AvgIpc) is 2.91. The van der Waals surface area contributed by atoms with Gasteiger partial charge in [0.15, 0.2) is 0 Å². The van der Waals surface area contributed by atoms with Gasteiger partial charge in [-0.2, -0.15) is 0 Å². The van der Waals surface area contributed by atoms with Crippen LogP contribution in [0.1, 0.15) is 11.1 Å². The average molecular weight is 306 g/mol. The normalized spacial score (nSPS) is 14.3. The third-order valence-electron chi connectivity index (χ3n) is 3.62. The predicted octanol–water partition coefficient (Wildman–Crippen LogP) is 2.04. The van der Waals surface area contributed by atoms with Crippen LogP contribution < -0.4 is 10.0 Å². The van der Waals surface area contributed by atoms with Crippen LogP contribution in [-0.4, -0.2) is 15.0 Å². The van der Waals surface area contributed by atoms with Crippen LogP contribution in [0.15, 0.2) is 47.4 Å². The monoisotopic (exact) mass is 306 g/mol. The molecule has 2 N–H and O–H groups in total. The van der Waals surface area contributed by atoms with Gasteiger partial charge in [-0.05, 0) is 41.8 Å². The van der Waals surface area contributed by atoms with Gasteiger partial charge in [0.05, 0.1) is 10.6 Å². The Kier molecular flexibility index (Phi) is 3.43. The molecule has 0 unspecified atom stereocenters. The van der Waals surface area contributed by atoms with Crippen molar-refractivity contribution in [1.29, 1.82) is 0 Å². The van der Waals surface area contributed by atoms with Crippen LogP contribution in [0.4, 0.5) is 10.1 Å². The van der Waals surface area contributed by atoms with Crippen molar-refractivity contribution in [2.24, 2.45) is 5.73 Å². The van der Waals surface area contributed by atoms with E-state index in [2.05, 4.69) is 0 Å². The number of hydrogen-bond acceptors (Lipinski definition) is 3. The number of anilines is 1. The minimum atomic E-state index is -3.69. The fourth-order valence-electron chi connectivity index (χ4n) is 2.53. The third kappa shape index (κ3) is 2.41. The van der Waals surface area contributed by atoms with Gasteiger partial charge in [0.2, 0.25) is 0 Å². The molecular weight excluding hydrogens is 291 g/mol. The summed E-state index contributed by atoms with van der Waals surface area (Å²) < 4.78 is 40.2. The summed E-state index contributed by atoms with van der Waals surface area (Å²) in [7, 11) is -3.69. The molecule has 1 aliphatic rings. The predicted molar refractivity (Wildman–Crippen MR) is 79.0 cm³/mol. The molecule has 0 saturated heterocycles. The van der Waals surface area contributed by atoms with Crippen LogP contribution >= 0.6 is 0 Å². The van der Waals surface area contributed by atoms with E-state index in [1.165, 1.54) is 22.5 Å². The van der Waals surface area contributed by atoms with Gasteiger partial charge in [-0.1, -0.05) is 18.2 Å². The van der Waals surface area contributed by atoms with Gasteiger partial charge >= 0.3 is 0 Å². The van der Waals surface area contributed by atoms with Crippen LogP contribution in [0.3, 0.4) is 0 Å². The molecule has 0 aliphatic carbocycles. The van der Waals surface area contributed by atoms with Gasteiger partial charge in [-0.3, -0.25) is 4.31 Å². The van der Waals surface area contributed by atoms with E-state index >= 15 is 0 Å². The Hall–Kier alpha value is -1.92. The van der Waals surface area contributed by atoms with Gasteiger partial charge in [0.1, 0.15) is 5.82 Å². The van der Waals surface area contributed by atoms with E-state index in [0.717, 1.165) is 11.1 Å². The van der Waals surface area contributed by atoms with Crippen molar-refractivity contribution in [2.45, 2.75) is 17.9 Å². The molecule has 0 bridgehead atoms. The maximum atomic E-state index is 13.4. The minimum Gasteiger partial charge on any atom is -0.326 e. The first-order chi connectivity index (χ1) is 10.0. The number of benzene rings is 2. The molecule has 2 aromatic rings. The van der Waals surface area contributed by atoms with E-state index in [9.17, 15) is 12.8 Å². The number of fused-ring (bicyclic) bond motifs is 1. The first-order valence-corrected chi connectivity index (χ1v) is 8.06. The highest BCUT2D eigenvalue weighted by Gasteiger charge is 2.31. The Balaban J connectivity index is 2.06. The first-order valence-electron chi connectivity index (χ1n) is 6.62. The Morgan fingerprint density at radius 1 is 1.19 bits per heavy atom. The number of halogens is 1. The second-order valence-corrected chi connectivity index (χ2v) is 6.81. The minimum absolute atomic E-state index is 0.183. The largest absolute Gasteiger partial charge is 0.326 e. The van der Waals surface area contributed by atoms with Crippen LogP contribution in [-0.2, 0) is 23.0 Å². The maximum absolute atomic E-state index is 13.4. The van der Waals surface area contributed by atoms with E-state index in [-0.39, 0.29) is 11.4 Å². The summed E-state index contributed by atoms with van der Waals surface area (Å²) >= 11 is 0. The number of rotatable bonds is 3. The van der Waals surface area contributed by atoms with Crippen LogP contribution in [0.2, 0.25) is 0 Å². The van der Waals surface area contributed by atoms with E-state index in [1.54, 1.807) is 24.3 Å². The molecule has 0 atom stereocenters. The van der Waals surface area contributed by atoms with Crippen molar-refractivity contribution in [2.75, 3.05) is 10.8 Å². The first kappa shape index (κ1) is 14.0. The Bertz CT molecular complexity index is 790. The molecular formula is C15H15FN2O2S. The summed E-state index contributed by atoms with van der Waals surface area (Å²) in [6, 6.07) is 10.8. The molecule has 2 aromatic carbocycles. The van der Waals surface area contributed by atoms with Crippen LogP contribution in [0.5, 0.6) is 0 Å². The fourth-order valence-corrected chi connectivity index (χ4v) is 4.10. The SMILES string of the molecule is NCc1cccc(S(=O)(=O)N2CCc3ccc(F)cc32)c1. The highest BCUT2D eigenvalue weighted by molar-refractivity contribution is 7.92. The summed E-state index contributed by atoms with van der Waals surface area (Å²) in [6.07, 6.45) is 0.589. The van der Waals surface area contributed by atoms with E-state index in [4.69, 9.17) is 5.73 Å². The third-order valence-corrected chi connectivity index (χ3v) is 5.43. The summed E-state index contributed by atoms with van der Waals surface area (Å²) in [5.41, 5.74) is 7.57. The zero-order valence-corrected chi connectivity index (χ0v) is 12.1. The lowest BCUT2D eigenvalue weighted by molar-refractivity contribution is 0.592. The van der Waals surface area contributed by atoms with Crippen molar-refractivity contribution in [3.8, 4) is 0 Å². The maximum Gasteiger partial charge on any atom is 0.264 e. The molecule has 1 aliphatic heterocycles. The Labute approximate surface area is 123 Å². The highest BCUT2D eigenvalue weighted by atomic mass is 32.2. The number of nitrogens with zero attached hydrogens (tertiary/aromatic N) is 1. The van der Waals surface area contributed by atoms with Crippen molar-refractivity contribution in [1.82, 2.24) is 0 Å². The zero-order chi connectivity index (χ0) is 15.0. The Morgan fingerprint density at radius 2 is 2.00 bits per heavy atom. The fraction of sp³-hybridized carbons (Fsp3) is 0.200. The molecule has 6 heteroatoms.